The van der Waals surface area contributed by atoms with E-state index in [1.807, 2.05) is 0 Å². The van der Waals surface area contributed by atoms with Gasteiger partial charge in [-0.15, -0.1) is 68.0 Å². The highest BCUT2D eigenvalue weighted by atomic mass is 32.1. The smallest absolute Gasteiger partial charge is 0.171 e. The molecule has 0 aromatic carbocycles. The summed E-state index contributed by atoms with van der Waals surface area (Å²) in [7, 11) is 0. The van der Waals surface area contributed by atoms with Gasteiger partial charge in [-0.3, -0.25) is 0 Å². The molecule has 6 heterocycles. The molecule has 0 amide bonds. The SMILES string of the molecule is FC(F)(F)CCCCCc1ccc(-c2ccc(-c3ccc(-c4ccc(-c5ccc(-c6ccc(CCCCCC(F)(F)F)s6)s5)s4)s3)s2)s1. The molecule has 254 valence electrons. The van der Waals surface area contributed by atoms with Gasteiger partial charge in [-0.05, 0) is 111 Å². The molecule has 0 aliphatic rings. The summed E-state index contributed by atoms with van der Waals surface area (Å²) in [6.45, 7) is 0. The lowest BCUT2D eigenvalue weighted by Crippen LogP contribution is -2.06. The average molecular weight is 771 g/mol. The van der Waals surface area contributed by atoms with Crippen LogP contribution in [-0.2, 0) is 12.8 Å². The quantitative estimate of drug-likeness (QED) is 0.0721. The minimum atomic E-state index is -4.06. The van der Waals surface area contributed by atoms with Gasteiger partial charge in [0.2, 0.25) is 0 Å². The van der Waals surface area contributed by atoms with Crippen LogP contribution in [-0.4, -0.2) is 12.4 Å². The second kappa shape index (κ2) is 15.8. The topological polar surface area (TPSA) is 0 Å². The molecule has 0 aliphatic carbocycles. The van der Waals surface area contributed by atoms with E-state index >= 15 is 0 Å². The molecule has 0 saturated heterocycles. The van der Waals surface area contributed by atoms with Gasteiger partial charge in [0.15, 0.2) is 0 Å². The lowest BCUT2D eigenvalue weighted by molar-refractivity contribution is -0.136. The van der Waals surface area contributed by atoms with E-state index in [2.05, 4.69) is 72.8 Å². The van der Waals surface area contributed by atoms with Gasteiger partial charge in [0.25, 0.3) is 0 Å². The van der Waals surface area contributed by atoms with Gasteiger partial charge < -0.3 is 0 Å². The van der Waals surface area contributed by atoms with E-state index in [0.29, 0.717) is 12.8 Å². The fraction of sp³-hybridized carbons (Fsp3) is 0.333. The Morgan fingerprint density at radius 2 is 0.562 bits per heavy atom. The number of rotatable bonds is 15. The maximum Gasteiger partial charge on any atom is 0.389 e. The molecule has 6 rings (SSSR count). The Labute approximate surface area is 300 Å². The zero-order chi connectivity index (χ0) is 33.7. The Hall–Kier alpha value is -2.22. The monoisotopic (exact) mass is 770 g/mol. The maximum absolute atomic E-state index is 12.4. The molecular weight excluding hydrogens is 739 g/mol. The Kier molecular flexibility index (Phi) is 11.7. The number of hydrogen-bond donors (Lipinski definition) is 0. The number of hydrogen-bond acceptors (Lipinski definition) is 6. The lowest BCUT2D eigenvalue weighted by Gasteiger charge is -2.04. The summed E-state index contributed by atoms with van der Waals surface area (Å²) in [5.74, 6) is 0. The van der Waals surface area contributed by atoms with Gasteiger partial charge in [-0.1, -0.05) is 12.8 Å². The average Bonchev–Trinajstić information content (AvgIpc) is 3.85. The van der Waals surface area contributed by atoms with Crippen LogP contribution in [0.1, 0.15) is 61.1 Å². The van der Waals surface area contributed by atoms with Crippen LogP contribution in [0.25, 0.3) is 48.8 Å². The third-order valence-corrected chi connectivity index (χ3v) is 15.3. The summed E-state index contributed by atoms with van der Waals surface area (Å²) >= 11 is 10.6. The van der Waals surface area contributed by atoms with Crippen molar-refractivity contribution in [3.63, 3.8) is 0 Å². The van der Waals surface area contributed by atoms with Crippen LogP contribution in [0.5, 0.6) is 0 Å². The predicted octanol–water partition coefficient (Wildman–Crippen LogP) is 15.7. The summed E-state index contributed by atoms with van der Waals surface area (Å²) in [5.41, 5.74) is 0. The fourth-order valence-electron chi connectivity index (χ4n) is 5.30. The Bertz CT molecular complexity index is 1750. The van der Waals surface area contributed by atoms with Crippen molar-refractivity contribution in [2.45, 2.75) is 76.6 Å². The molecule has 0 radical (unpaired) electrons. The minimum absolute atomic E-state index is 0.196. The Morgan fingerprint density at radius 1 is 0.312 bits per heavy atom. The molecule has 0 saturated carbocycles. The van der Waals surface area contributed by atoms with Gasteiger partial charge in [0.05, 0.1) is 0 Å². The number of aryl methyl sites for hydroxylation is 2. The fourth-order valence-corrected chi connectivity index (χ4v) is 11.9. The van der Waals surface area contributed by atoms with Crippen LogP contribution in [0.3, 0.4) is 0 Å². The normalized spacial score (nSPS) is 12.4. The molecule has 0 nitrogen and oxygen atoms in total. The highest BCUT2D eigenvalue weighted by Gasteiger charge is 2.26. The first-order valence-corrected chi connectivity index (χ1v) is 20.6. The molecule has 48 heavy (non-hydrogen) atoms. The van der Waals surface area contributed by atoms with E-state index in [-0.39, 0.29) is 12.8 Å². The van der Waals surface area contributed by atoms with Crippen molar-refractivity contribution < 1.29 is 26.3 Å². The predicted molar refractivity (Wildman–Crippen MR) is 197 cm³/mol. The number of halogens is 6. The Morgan fingerprint density at radius 3 is 0.833 bits per heavy atom. The van der Waals surface area contributed by atoms with Crippen molar-refractivity contribution >= 4 is 68.0 Å². The largest absolute Gasteiger partial charge is 0.389 e. The van der Waals surface area contributed by atoms with E-state index in [1.165, 1.54) is 58.5 Å². The minimum Gasteiger partial charge on any atom is -0.171 e. The summed E-state index contributed by atoms with van der Waals surface area (Å²) in [5, 5.41) is 0. The lowest BCUT2D eigenvalue weighted by atomic mass is 10.1. The zero-order valence-corrected chi connectivity index (χ0v) is 30.6. The first kappa shape index (κ1) is 35.6. The summed E-state index contributed by atoms with van der Waals surface area (Å²) in [6.07, 6.45) is -4.75. The van der Waals surface area contributed by atoms with Crippen molar-refractivity contribution in [1.82, 2.24) is 0 Å². The second-order valence-corrected chi connectivity index (χ2v) is 18.2. The number of thiophene rings is 6. The van der Waals surface area contributed by atoms with Crippen LogP contribution >= 0.6 is 68.0 Å². The maximum atomic E-state index is 12.4. The summed E-state index contributed by atoms with van der Waals surface area (Å²) < 4.78 is 74.2. The van der Waals surface area contributed by atoms with E-state index in [4.69, 9.17) is 0 Å². The summed E-state index contributed by atoms with van der Waals surface area (Å²) in [6, 6.07) is 25.9. The van der Waals surface area contributed by atoms with Gasteiger partial charge in [-0.25, -0.2) is 0 Å². The van der Waals surface area contributed by atoms with Crippen molar-refractivity contribution in [3.8, 4) is 48.8 Å². The van der Waals surface area contributed by atoms with E-state index in [9.17, 15) is 26.3 Å². The van der Waals surface area contributed by atoms with Crippen LogP contribution in [0.15, 0.2) is 72.8 Å². The zero-order valence-electron chi connectivity index (χ0n) is 25.7. The van der Waals surface area contributed by atoms with Crippen LogP contribution in [0, 0.1) is 0 Å². The van der Waals surface area contributed by atoms with Crippen LogP contribution in [0.4, 0.5) is 26.3 Å². The van der Waals surface area contributed by atoms with Crippen molar-refractivity contribution in [2.75, 3.05) is 0 Å². The molecule has 0 N–H and O–H groups in total. The molecule has 0 spiro atoms. The second-order valence-electron chi connectivity index (χ2n) is 11.5. The van der Waals surface area contributed by atoms with Crippen LogP contribution < -0.4 is 0 Å². The third kappa shape index (κ3) is 9.94. The molecule has 0 atom stereocenters. The standard InChI is InChI=1S/C36H32F6S6/c37-35(38,39)21-5-1-3-7-23-9-11-25(43-23)27-13-15-29(45-27)31-17-19-33(47-31)34-20-18-32(48-34)30-16-14-28(46-30)26-12-10-24(44-26)8-4-2-6-22-36(40,41)42/h9-20H,1-8,21-22H2. The molecular formula is C36H32F6S6. The Balaban J connectivity index is 1.02. The van der Waals surface area contributed by atoms with E-state index in [0.717, 1.165) is 25.7 Å². The molecule has 0 bridgehead atoms. The third-order valence-electron chi connectivity index (χ3n) is 7.73. The van der Waals surface area contributed by atoms with Gasteiger partial charge in [-0.2, -0.15) is 26.3 Å². The highest BCUT2D eigenvalue weighted by Crippen LogP contribution is 2.46. The first-order valence-electron chi connectivity index (χ1n) is 15.7. The molecule has 6 aromatic heterocycles. The van der Waals surface area contributed by atoms with Gasteiger partial charge in [0, 0.05) is 71.4 Å². The molecule has 0 aliphatic heterocycles. The molecule has 0 unspecified atom stereocenters. The molecule has 0 fully saturated rings. The van der Waals surface area contributed by atoms with Gasteiger partial charge >= 0.3 is 12.4 Å². The van der Waals surface area contributed by atoms with Crippen LogP contribution in [0.2, 0.25) is 0 Å². The van der Waals surface area contributed by atoms with Gasteiger partial charge in [0.1, 0.15) is 0 Å². The highest BCUT2D eigenvalue weighted by molar-refractivity contribution is 7.30. The molecule has 12 heteroatoms. The number of unbranched alkanes of at least 4 members (excludes halogenated alkanes) is 4. The van der Waals surface area contributed by atoms with E-state index in [1.54, 1.807) is 68.0 Å². The van der Waals surface area contributed by atoms with Crippen molar-refractivity contribution in [1.29, 1.82) is 0 Å². The van der Waals surface area contributed by atoms with E-state index < -0.39 is 25.2 Å². The van der Waals surface area contributed by atoms with Crippen molar-refractivity contribution in [3.05, 3.63) is 82.6 Å². The molecule has 6 aromatic rings. The first-order chi connectivity index (χ1) is 23.0. The summed E-state index contributed by atoms with van der Waals surface area (Å²) in [4.78, 5) is 14.6. The van der Waals surface area contributed by atoms with Crippen molar-refractivity contribution in [2.24, 2.45) is 0 Å². The number of alkyl halides is 6.